The van der Waals surface area contributed by atoms with Crippen molar-refractivity contribution >= 4 is 28.9 Å². The van der Waals surface area contributed by atoms with Crippen molar-refractivity contribution in [2.75, 3.05) is 19.1 Å². The predicted octanol–water partition coefficient (Wildman–Crippen LogP) is 4.08. The monoisotopic (exact) mass is 376 g/mol. The number of rotatable bonds is 7. The lowest BCUT2D eigenvalue weighted by Gasteiger charge is -2.31. The number of anilines is 1. The van der Waals surface area contributed by atoms with Crippen molar-refractivity contribution in [3.8, 4) is 5.75 Å². The lowest BCUT2D eigenvalue weighted by atomic mass is 10.0. The number of benzene rings is 1. The number of methoxy groups -OCH3 is 2. The van der Waals surface area contributed by atoms with Crippen molar-refractivity contribution in [1.29, 1.82) is 0 Å². The third-order valence-corrected chi connectivity index (χ3v) is 4.82. The Hall–Kier alpha value is -2.41. The summed E-state index contributed by atoms with van der Waals surface area (Å²) in [7, 11) is 2.91. The van der Waals surface area contributed by atoms with Gasteiger partial charge in [0, 0.05) is 24.1 Å². The topological polar surface area (TPSA) is 68.7 Å². The van der Waals surface area contributed by atoms with Crippen LogP contribution in [-0.2, 0) is 9.53 Å². The Labute approximate surface area is 157 Å². The highest BCUT2D eigenvalue weighted by atomic mass is 32.1. The van der Waals surface area contributed by atoms with Crippen LogP contribution in [0.3, 0.4) is 0 Å². The summed E-state index contributed by atoms with van der Waals surface area (Å²) in [4.78, 5) is 30.4. The Morgan fingerprint density at radius 2 is 2.00 bits per heavy atom. The minimum Gasteiger partial charge on any atom is -0.497 e. The maximum absolute atomic E-state index is 12.5. The van der Waals surface area contributed by atoms with Crippen LogP contribution in [-0.4, -0.2) is 31.1 Å². The van der Waals surface area contributed by atoms with Crippen LogP contribution in [0.5, 0.6) is 5.75 Å². The number of carbonyl (C=O) groups is 2. The fourth-order valence-corrected chi connectivity index (χ4v) is 3.63. The standard InChI is InChI=1S/C19H24N2O4S/c1-12(2)9-17(18-20-16(11-26-18)19(23)25-5)21(13(3)22)14-7-6-8-15(10-14)24-4/h6-8,10-12,17H,9H2,1-5H3. The van der Waals surface area contributed by atoms with Crippen molar-refractivity contribution in [3.05, 3.63) is 40.3 Å². The van der Waals surface area contributed by atoms with E-state index in [1.807, 2.05) is 24.3 Å². The number of thiazole rings is 1. The van der Waals surface area contributed by atoms with Gasteiger partial charge >= 0.3 is 5.97 Å². The van der Waals surface area contributed by atoms with Gasteiger partial charge in [0.2, 0.25) is 5.91 Å². The molecule has 0 saturated carbocycles. The van der Waals surface area contributed by atoms with E-state index >= 15 is 0 Å². The van der Waals surface area contributed by atoms with E-state index in [2.05, 4.69) is 18.8 Å². The van der Waals surface area contributed by atoms with Crippen molar-refractivity contribution in [1.82, 2.24) is 4.98 Å². The van der Waals surface area contributed by atoms with E-state index in [9.17, 15) is 9.59 Å². The average Bonchev–Trinajstić information content (AvgIpc) is 3.10. The Bertz CT molecular complexity index is 772. The van der Waals surface area contributed by atoms with Crippen molar-refractivity contribution in [2.24, 2.45) is 5.92 Å². The van der Waals surface area contributed by atoms with Crippen LogP contribution >= 0.6 is 11.3 Å². The van der Waals surface area contributed by atoms with E-state index in [0.717, 1.165) is 5.69 Å². The van der Waals surface area contributed by atoms with Gasteiger partial charge in [-0.15, -0.1) is 11.3 Å². The fraction of sp³-hybridized carbons (Fsp3) is 0.421. The van der Waals surface area contributed by atoms with E-state index in [1.165, 1.54) is 25.4 Å². The number of hydrogen-bond donors (Lipinski definition) is 0. The predicted molar refractivity (Wildman–Crippen MR) is 102 cm³/mol. The molecule has 0 bridgehead atoms. The highest BCUT2D eigenvalue weighted by molar-refractivity contribution is 7.10. The second kappa shape index (κ2) is 8.80. The molecule has 0 fully saturated rings. The minimum atomic E-state index is -0.480. The lowest BCUT2D eigenvalue weighted by molar-refractivity contribution is -0.117. The molecule has 1 aromatic carbocycles. The molecule has 0 aliphatic rings. The summed E-state index contributed by atoms with van der Waals surface area (Å²) in [5.41, 5.74) is 0.993. The first kappa shape index (κ1) is 19.9. The van der Waals surface area contributed by atoms with Gasteiger partial charge in [-0.1, -0.05) is 19.9 Å². The summed E-state index contributed by atoms with van der Waals surface area (Å²) in [6, 6.07) is 7.09. The summed E-state index contributed by atoms with van der Waals surface area (Å²) < 4.78 is 10.0. The van der Waals surface area contributed by atoms with Crippen molar-refractivity contribution < 1.29 is 19.1 Å². The van der Waals surface area contributed by atoms with Gasteiger partial charge in [-0.25, -0.2) is 9.78 Å². The van der Waals surface area contributed by atoms with Gasteiger partial charge < -0.3 is 14.4 Å². The first-order valence-electron chi connectivity index (χ1n) is 8.35. The third-order valence-electron chi connectivity index (χ3n) is 3.88. The van der Waals surface area contributed by atoms with Crippen molar-refractivity contribution in [3.63, 3.8) is 0 Å². The first-order valence-corrected chi connectivity index (χ1v) is 9.23. The Balaban J connectivity index is 2.48. The molecular formula is C19H24N2O4S. The quantitative estimate of drug-likeness (QED) is 0.681. The van der Waals surface area contributed by atoms with E-state index < -0.39 is 5.97 Å². The third kappa shape index (κ3) is 4.60. The number of hydrogen-bond acceptors (Lipinski definition) is 6. The van der Waals surface area contributed by atoms with Gasteiger partial charge in [-0.2, -0.15) is 0 Å². The van der Waals surface area contributed by atoms with E-state index in [-0.39, 0.29) is 17.6 Å². The zero-order valence-corrected chi connectivity index (χ0v) is 16.5. The maximum atomic E-state index is 12.5. The second-order valence-electron chi connectivity index (χ2n) is 6.30. The van der Waals surface area contributed by atoms with Gasteiger partial charge in [0.1, 0.15) is 10.8 Å². The average molecular weight is 376 g/mol. The van der Waals surface area contributed by atoms with Crippen LogP contribution in [0, 0.1) is 5.92 Å². The molecule has 2 rings (SSSR count). The molecular weight excluding hydrogens is 352 g/mol. The summed E-state index contributed by atoms with van der Waals surface area (Å²) in [6.07, 6.45) is 0.713. The molecule has 0 aliphatic carbocycles. The van der Waals surface area contributed by atoms with Crippen LogP contribution in [0.4, 0.5) is 5.69 Å². The van der Waals surface area contributed by atoms with Gasteiger partial charge in [0.05, 0.1) is 20.3 Å². The van der Waals surface area contributed by atoms with Gasteiger partial charge in [0.15, 0.2) is 5.69 Å². The molecule has 0 spiro atoms. The summed E-state index contributed by atoms with van der Waals surface area (Å²) >= 11 is 1.36. The highest BCUT2D eigenvalue weighted by Crippen LogP contribution is 2.35. The number of ether oxygens (including phenoxy) is 2. The molecule has 0 aliphatic heterocycles. The SMILES string of the molecule is COC(=O)c1csc(C(CC(C)C)N(C(C)=O)c2cccc(OC)c2)n1. The molecule has 6 nitrogen and oxygen atoms in total. The largest absolute Gasteiger partial charge is 0.497 e. The maximum Gasteiger partial charge on any atom is 0.357 e. The highest BCUT2D eigenvalue weighted by Gasteiger charge is 2.29. The smallest absolute Gasteiger partial charge is 0.357 e. The van der Waals surface area contributed by atoms with Gasteiger partial charge in [-0.3, -0.25) is 4.79 Å². The second-order valence-corrected chi connectivity index (χ2v) is 7.19. The first-order chi connectivity index (χ1) is 12.4. The molecule has 140 valence electrons. The summed E-state index contributed by atoms with van der Waals surface area (Å²) in [6.45, 7) is 5.71. The number of esters is 1. The molecule has 0 N–H and O–H groups in total. The zero-order valence-electron chi connectivity index (χ0n) is 15.7. The van der Waals surface area contributed by atoms with Crippen LogP contribution in [0.25, 0.3) is 0 Å². The van der Waals surface area contributed by atoms with E-state index in [4.69, 9.17) is 9.47 Å². The fourth-order valence-electron chi connectivity index (χ4n) is 2.74. The van der Waals surface area contributed by atoms with Gasteiger partial charge in [-0.05, 0) is 24.5 Å². The molecule has 2 aromatic rings. The molecule has 1 unspecified atom stereocenters. The molecule has 1 heterocycles. The Kier molecular flexibility index (Phi) is 6.74. The summed E-state index contributed by atoms with van der Waals surface area (Å²) in [5.74, 6) is 0.426. The van der Waals surface area contributed by atoms with Gasteiger partial charge in [0.25, 0.3) is 0 Å². The minimum absolute atomic E-state index is 0.0984. The molecule has 1 amide bonds. The molecule has 1 aromatic heterocycles. The van der Waals surface area contributed by atoms with Crippen LogP contribution < -0.4 is 9.64 Å². The molecule has 26 heavy (non-hydrogen) atoms. The number of aromatic nitrogens is 1. The lowest BCUT2D eigenvalue weighted by Crippen LogP contribution is -2.34. The molecule has 1 atom stereocenters. The molecule has 0 saturated heterocycles. The molecule has 7 heteroatoms. The van der Waals surface area contributed by atoms with E-state index in [0.29, 0.717) is 23.1 Å². The van der Waals surface area contributed by atoms with Crippen LogP contribution in [0.2, 0.25) is 0 Å². The number of amides is 1. The van der Waals surface area contributed by atoms with Crippen LogP contribution in [0.1, 0.15) is 48.7 Å². The normalized spacial score (nSPS) is 11.9. The zero-order chi connectivity index (χ0) is 19.3. The number of carbonyl (C=O) groups excluding carboxylic acids is 2. The Morgan fingerprint density at radius 3 is 2.58 bits per heavy atom. The number of nitrogens with zero attached hydrogens (tertiary/aromatic N) is 2. The van der Waals surface area contributed by atoms with E-state index in [1.54, 1.807) is 17.4 Å². The summed E-state index contributed by atoms with van der Waals surface area (Å²) in [5, 5.41) is 2.37. The molecule has 0 radical (unpaired) electrons. The van der Waals surface area contributed by atoms with Crippen LogP contribution in [0.15, 0.2) is 29.6 Å². The van der Waals surface area contributed by atoms with Crippen molar-refractivity contribution in [2.45, 2.75) is 33.2 Å². The Morgan fingerprint density at radius 1 is 1.27 bits per heavy atom.